The van der Waals surface area contributed by atoms with Crippen molar-refractivity contribution < 1.29 is 28.9 Å². The number of phenolic OH excluding ortho intramolecular Hbond substituents is 1. The number of carbonyl (C=O) groups is 1. The molecule has 0 amide bonds. The second-order valence-electron chi connectivity index (χ2n) is 2.94. The molecule has 0 bridgehead atoms. The first-order chi connectivity index (χ1) is 7.52. The molecule has 0 radical (unpaired) electrons. The number of benzene rings is 1. The van der Waals surface area contributed by atoms with Gasteiger partial charge in [0.15, 0.2) is 23.4 Å². The van der Waals surface area contributed by atoms with Gasteiger partial charge in [0.25, 0.3) is 0 Å². The Morgan fingerprint density at radius 2 is 2.06 bits per heavy atom. The van der Waals surface area contributed by atoms with E-state index < -0.39 is 23.6 Å². The predicted molar refractivity (Wildman–Crippen MR) is 51.6 cm³/mol. The summed E-state index contributed by atoms with van der Waals surface area (Å²) in [7, 11) is 2.28. The maximum absolute atomic E-state index is 13.0. The Hall–Kier alpha value is -1.82. The predicted octanol–water partition coefficient (Wildman–Crippen LogP) is 0.746. The molecule has 1 aromatic carbocycles. The SMILES string of the molecule is COC(=O)C(O)c1ccc(F)c(O)c1OC. The Labute approximate surface area is 91.0 Å². The Kier molecular flexibility index (Phi) is 3.68. The molecule has 1 aromatic rings. The number of carbonyl (C=O) groups excluding carboxylic acids is 1. The van der Waals surface area contributed by atoms with Crippen LogP contribution < -0.4 is 4.74 Å². The summed E-state index contributed by atoms with van der Waals surface area (Å²) in [6.07, 6.45) is -1.63. The van der Waals surface area contributed by atoms with E-state index in [2.05, 4.69) is 4.74 Å². The molecule has 0 aliphatic carbocycles. The Morgan fingerprint density at radius 1 is 1.44 bits per heavy atom. The van der Waals surface area contributed by atoms with Crippen molar-refractivity contribution in [3.05, 3.63) is 23.5 Å². The first-order valence-electron chi connectivity index (χ1n) is 4.34. The number of phenols is 1. The molecule has 0 aromatic heterocycles. The number of esters is 1. The summed E-state index contributed by atoms with van der Waals surface area (Å²) < 4.78 is 22.0. The van der Waals surface area contributed by atoms with Gasteiger partial charge in [-0.1, -0.05) is 0 Å². The van der Waals surface area contributed by atoms with Crippen LogP contribution in [0.25, 0.3) is 0 Å². The summed E-state index contributed by atoms with van der Waals surface area (Å²) in [5.74, 6) is -2.89. The number of rotatable bonds is 3. The van der Waals surface area contributed by atoms with Crippen LogP contribution in [-0.2, 0) is 9.53 Å². The largest absolute Gasteiger partial charge is 0.502 e. The number of hydrogen-bond acceptors (Lipinski definition) is 5. The lowest BCUT2D eigenvalue weighted by atomic mass is 10.1. The Balaban J connectivity index is 3.23. The van der Waals surface area contributed by atoms with Gasteiger partial charge < -0.3 is 19.7 Å². The third kappa shape index (κ3) is 2.06. The number of hydrogen-bond donors (Lipinski definition) is 2. The molecule has 5 nitrogen and oxygen atoms in total. The van der Waals surface area contributed by atoms with E-state index >= 15 is 0 Å². The average molecular weight is 230 g/mol. The fourth-order valence-corrected chi connectivity index (χ4v) is 1.23. The number of aliphatic hydroxyl groups is 1. The van der Waals surface area contributed by atoms with Crippen molar-refractivity contribution in [2.75, 3.05) is 14.2 Å². The third-order valence-electron chi connectivity index (χ3n) is 2.04. The number of aliphatic hydroxyl groups excluding tert-OH is 1. The molecule has 2 N–H and O–H groups in total. The summed E-state index contributed by atoms with van der Waals surface area (Å²) in [6, 6.07) is 2.05. The topological polar surface area (TPSA) is 76.0 Å². The zero-order valence-electron chi connectivity index (χ0n) is 8.73. The van der Waals surface area contributed by atoms with Crippen molar-refractivity contribution in [3.8, 4) is 11.5 Å². The Bertz CT molecular complexity index is 404. The quantitative estimate of drug-likeness (QED) is 0.749. The molecule has 0 saturated carbocycles. The lowest BCUT2D eigenvalue weighted by molar-refractivity contribution is -0.150. The molecule has 1 unspecified atom stereocenters. The van der Waals surface area contributed by atoms with Crippen molar-refractivity contribution in [3.63, 3.8) is 0 Å². The van der Waals surface area contributed by atoms with Gasteiger partial charge in [0.1, 0.15) is 0 Å². The summed E-state index contributed by atoms with van der Waals surface area (Å²) >= 11 is 0. The van der Waals surface area contributed by atoms with E-state index in [1.54, 1.807) is 0 Å². The van der Waals surface area contributed by atoms with Crippen molar-refractivity contribution in [1.82, 2.24) is 0 Å². The van der Waals surface area contributed by atoms with Crippen LogP contribution >= 0.6 is 0 Å². The van der Waals surface area contributed by atoms with E-state index in [9.17, 15) is 19.4 Å². The van der Waals surface area contributed by atoms with Crippen LogP contribution in [-0.4, -0.2) is 30.4 Å². The van der Waals surface area contributed by atoms with Gasteiger partial charge in [-0.2, -0.15) is 0 Å². The van der Waals surface area contributed by atoms with Crippen LogP contribution in [0.2, 0.25) is 0 Å². The van der Waals surface area contributed by atoms with E-state index in [1.165, 1.54) is 7.11 Å². The van der Waals surface area contributed by atoms with Crippen molar-refractivity contribution in [1.29, 1.82) is 0 Å². The number of methoxy groups -OCH3 is 2. The minimum atomic E-state index is -1.63. The van der Waals surface area contributed by atoms with Gasteiger partial charge >= 0.3 is 5.97 Å². The highest BCUT2D eigenvalue weighted by Gasteiger charge is 2.25. The van der Waals surface area contributed by atoms with E-state index in [4.69, 9.17) is 4.74 Å². The van der Waals surface area contributed by atoms with Crippen LogP contribution in [0.3, 0.4) is 0 Å². The smallest absolute Gasteiger partial charge is 0.339 e. The highest BCUT2D eigenvalue weighted by atomic mass is 19.1. The van der Waals surface area contributed by atoms with Crippen molar-refractivity contribution in [2.45, 2.75) is 6.10 Å². The number of ether oxygens (including phenoxy) is 2. The average Bonchev–Trinajstić information content (AvgIpc) is 2.30. The van der Waals surface area contributed by atoms with Crippen LogP contribution in [0.5, 0.6) is 11.5 Å². The van der Waals surface area contributed by atoms with Crippen LogP contribution in [0.1, 0.15) is 11.7 Å². The highest BCUT2D eigenvalue weighted by molar-refractivity contribution is 5.77. The maximum Gasteiger partial charge on any atom is 0.339 e. The number of halogens is 1. The molecule has 0 heterocycles. The monoisotopic (exact) mass is 230 g/mol. The molecule has 0 fully saturated rings. The molecule has 0 spiro atoms. The van der Waals surface area contributed by atoms with E-state index in [1.807, 2.05) is 0 Å². The Morgan fingerprint density at radius 3 is 2.56 bits per heavy atom. The molecule has 16 heavy (non-hydrogen) atoms. The maximum atomic E-state index is 13.0. The summed E-state index contributed by atoms with van der Waals surface area (Å²) in [6.45, 7) is 0. The van der Waals surface area contributed by atoms with Gasteiger partial charge in [-0.3, -0.25) is 0 Å². The molecule has 0 aliphatic rings. The minimum absolute atomic E-state index is 0.0618. The van der Waals surface area contributed by atoms with Crippen LogP contribution in [0.15, 0.2) is 12.1 Å². The first kappa shape index (κ1) is 12.3. The van der Waals surface area contributed by atoms with Gasteiger partial charge in [-0.15, -0.1) is 0 Å². The third-order valence-corrected chi connectivity index (χ3v) is 2.04. The van der Waals surface area contributed by atoms with Crippen molar-refractivity contribution in [2.24, 2.45) is 0 Å². The summed E-state index contributed by atoms with van der Waals surface area (Å²) in [4.78, 5) is 11.1. The van der Waals surface area contributed by atoms with Crippen LogP contribution in [0.4, 0.5) is 4.39 Å². The first-order valence-corrected chi connectivity index (χ1v) is 4.34. The van der Waals surface area contributed by atoms with E-state index in [-0.39, 0.29) is 11.3 Å². The zero-order chi connectivity index (χ0) is 12.3. The van der Waals surface area contributed by atoms with Gasteiger partial charge in [0.2, 0.25) is 0 Å². The summed E-state index contributed by atoms with van der Waals surface area (Å²) in [5, 5.41) is 18.8. The fraction of sp³-hybridized carbons (Fsp3) is 0.300. The molecule has 1 rings (SSSR count). The minimum Gasteiger partial charge on any atom is -0.502 e. The second-order valence-corrected chi connectivity index (χ2v) is 2.94. The normalized spacial score (nSPS) is 12.0. The fourth-order valence-electron chi connectivity index (χ4n) is 1.23. The number of aromatic hydroxyl groups is 1. The molecule has 1 atom stereocenters. The standard InChI is InChI=1S/C10H11FO5/c1-15-9-5(7(12)10(14)16-2)3-4-6(11)8(9)13/h3-4,7,12-13H,1-2H3. The highest BCUT2D eigenvalue weighted by Crippen LogP contribution is 2.36. The van der Waals surface area contributed by atoms with Gasteiger partial charge in [0, 0.05) is 5.56 Å². The van der Waals surface area contributed by atoms with Gasteiger partial charge in [-0.25, -0.2) is 9.18 Å². The zero-order valence-corrected chi connectivity index (χ0v) is 8.73. The summed E-state index contributed by atoms with van der Waals surface area (Å²) in [5.41, 5.74) is -0.0618. The van der Waals surface area contributed by atoms with Crippen molar-refractivity contribution >= 4 is 5.97 Å². The lowest BCUT2D eigenvalue weighted by Crippen LogP contribution is -2.14. The van der Waals surface area contributed by atoms with Gasteiger partial charge in [-0.05, 0) is 12.1 Å². The van der Waals surface area contributed by atoms with E-state index in [0.717, 1.165) is 19.2 Å². The van der Waals surface area contributed by atoms with Crippen LogP contribution in [0, 0.1) is 5.82 Å². The molecule has 6 heteroatoms. The lowest BCUT2D eigenvalue weighted by Gasteiger charge is -2.14. The van der Waals surface area contributed by atoms with Gasteiger partial charge in [0.05, 0.1) is 14.2 Å². The molecule has 0 aliphatic heterocycles. The molecular weight excluding hydrogens is 219 g/mol. The molecule has 0 saturated heterocycles. The second kappa shape index (κ2) is 4.80. The van der Waals surface area contributed by atoms with E-state index in [0.29, 0.717) is 0 Å². The molecular formula is C10H11FO5. The molecule has 88 valence electrons.